The Bertz CT molecular complexity index is 990. The first-order chi connectivity index (χ1) is 12.7. The van der Waals surface area contributed by atoms with Gasteiger partial charge in [-0.2, -0.15) is 4.31 Å². The van der Waals surface area contributed by atoms with Crippen LogP contribution < -0.4 is 0 Å². The quantitative estimate of drug-likeness (QED) is 0.585. The maximum absolute atomic E-state index is 13.9. The molecule has 1 saturated heterocycles. The van der Waals surface area contributed by atoms with Crippen LogP contribution in [0.2, 0.25) is 0 Å². The number of halogens is 4. The molecule has 0 bridgehead atoms. The average Bonchev–Trinajstić information content (AvgIpc) is 2.66. The summed E-state index contributed by atoms with van der Waals surface area (Å²) in [5.74, 6) is -6.44. The number of hydrogen-bond acceptors (Lipinski definition) is 3. The molecule has 3 rings (SSSR count). The lowest BCUT2D eigenvalue weighted by molar-refractivity contribution is 0.0693. The predicted octanol–water partition coefficient (Wildman–Crippen LogP) is 2.39. The Balaban J connectivity index is 1.76. The van der Waals surface area contributed by atoms with Crippen molar-refractivity contribution < 1.29 is 30.8 Å². The molecule has 1 aliphatic heterocycles. The predicted molar refractivity (Wildman–Crippen MR) is 87.4 cm³/mol. The van der Waals surface area contributed by atoms with Gasteiger partial charge in [0.2, 0.25) is 10.0 Å². The second kappa shape index (κ2) is 7.28. The van der Waals surface area contributed by atoms with Crippen LogP contribution in [-0.2, 0) is 10.0 Å². The fourth-order valence-electron chi connectivity index (χ4n) is 2.78. The van der Waals surface area contributed by atoms with Crippen LogP contribution in [0.15, 0.2) is 41.3 Å². The Morgan fingerprint density at radius 1 is 0.815 bits per heavy atom. The van der Waals surface area contributed by atoms with E-state index in [-0.39, 0.29) is 31.7 Å². The Labute approximate surface area is 152 Å². The smallest absolute Gasteiger partial charge is 0.256 e. The van der Waals surface area contributed by atoms with E-state index in [0.29, 0.717) is 12.1 Å². The number of sulfonamides is 1. The largest absolute Gasteiger partial charge is 0.336 e. The maximum Gasteiger partial charge on any atom is 0.256 e. The van der Waals surface area contributed by atoms with Gasteiger partial charge in [-0.3, -0.25) is 4.79 Å². The van der Waals surface area contributed by atoms with Gasteiger partial charge in [0.1, 0.15) is 10.7 Å². The van der Waals surface area contributed by atoms with Crippen molar-refractivity contribution in [1.82, 2.24) is 9.21 Å². The molecule has 2 aromatic rings. The summed E-state index contributed by atoms with van der Waals surface area (Å²) in [6.45, 7) is -0.503. The second-order valence-corrected chi connectivity index (χ2v) is 7.76. The number of rotatable bonds is 3. The summed E-state index contributed by atoms with van der Waals surface area (Å²) in [6, 6.07) is 6.58. The van der Waals surface area contributed by atoms with Crippen LogP contribution in [0.4, 0.5) is 17.6 Å². The van der Waals surface area contributed by atoms with Crippen molar-refractivity contribution >= 4 is 15.9 Å². The summed E-state index contributed by atoms with van der Waals surface area (Å²) in [5.41, 5.74) is -0.138. The normalized spacial score (nSPS) is 15.8. The van der Waals surface area contributed by atoms with E-state index in [0.717, 1.165) is 10.4 Å². The molecule has 0 atom stereocenters. The fourth-order valence-corrected chi connectivity index (χ4v) is 4.26. The number of benzene rings is 2. The van der Waals surface area contributed by atoms with Gasteiger partial charge in [0.05, 0.1) is 5.56 Å². The number of nitrogens with zero attached hydrogens (tertiary/aromatic N) is 2. The highest BCUT2D eigenvalue weighted by atomic mass is 32.2. The minimum atomic E-state index is -4.41. The number of hydrogen-bond donors (Lipinski definition) is 0. The minimum absolute atomic E-state index is 0.0578. The topological polar surface area (TPSA) is 57.7 Å². The van der Waals surface area contributed by atoms with E-state index in [1.54, 1.807) is 0 Å². The molecule has 0 saturated carbocycles. The molecule has 10 heteroatoms. The highest BCUT2D eigenvalue weighted by molar-refractivity contribution is 7.89. The molecule has 0 radical (unpaired) electrons. The fraction of sp³-hybridized carbons (Fsp3) is 0.235. The number of piperazine rings is 1. The summed E-state index contributed by atoms with van der Waals surface area (Å²) < 4.78 is 79.9. The van der Waals surface area contributed by atoms with Crippen LogP contribution in [0.3, 0.4) is 0 Å². The lowest BCUT2D eigenvalue weighted by atomic mass is 10.1. The summed E-state index contributed by atoms with van der Waals surface area (Å²) in [7, 11) is -4.41. The average molecular weight is 402 g/mol. The molecule has 2 aromatic carbocycles. The van der Waals surface area contributed by atoms with Gasteiger partial charge in [0, 0.05) is 26.2 Å². The van der Waals surface area contributed by atoms with Crippen molar-refractivity contribution in [3.63, 3.8) is 0 Å². The standard InChI is InChI=1S/C17H14F4N2O3S/c18-12-4-2-1-3-11(12)17(24)22-7-9-23(10-8-22)27(25,26)14-6-5-13(19)15(20)16(14)21/h1-6H,7-10H2. The molecule has 0 spiro atoms. The molecule has 0 unspecified atom stereocenters. The summed E-state index contributed by atoms with van der Waals surface area (Å²) in [6.07, 6.45) is 0. The molecule has 0 aliphatic carbocycles. The van der Waals surface area contributed by atoms with Gasteiger partial charge >= 0.3 is 0 Å². The van der Waals surface area contributed by atoms with Crippen LogP contribution in [0.25, 0.3) is 0 Å². The van der Waals surface area contributed by atoms with Crippen LogP contribution in [0.5, 0.6) is 0 Å². The van der Waals surface area contributed by atoms with E-state index < -0.39 is 44.1 Å². The molecule has 0 N–H and O–H groups in total. The molecule has 144 valence electrons. The van der Waals surface area contributed by atoms with Crippen molar-refractivity contribution in [2.24, 2.45) is 0 Å². The van der Waals surface area contributed by atoms with Gasteiger partial charge in [-0.25, -0.2) is 26.0 Å². The van der Waals surface area contributed by atoms with Gasteiger partial charge in [-0.15, -0.1) is 0 Å². The van der Waals surface area contributed by atoms with Gasteiger partial charge < -0.3 is 4.90 Å². The highest BCUT2D eigenvalue weighted by Crippen LogP contribution is 2.24. The third-order valence-electron chi connectivity index (χ3n) is 4.25. The van der Waals surface area contributed by atoms with Gasteiger partial charge in [0.15, 0.2) is 17.5 Å². The van der Waals surface area contributed by atoms with Gasteiger partial charge in [-0.1, -0.05) is 12.1 Å². The van der Waals surface area contributed by atoms with E-state index in [9.17, 15) is 30.8 Å². The minimum Gasteiger partial charge on any atom is -0.336 e. The summed E-state index contributed by atoms with van der Waals surface area (Å²) in [5, 5.41) is 0. The highest BCUT2D eigenvalue weighted by Gasteiger charge is 2.34. The molecule has 0 aromatic heterocycles. The van der Waals surface area contributed by atoms with Crippen molar-refractivity contribution in [2.75, 3.05) is 26.2 Å². The first-order valence-corrected chi connectivity index (χ1v) is 9.35. The monoisotopic (exact) mass is 402 g/mol. The van der Waals surface area contributed by atoms with Crippen molar-refractivity contribution in [3.05, 3.63) is 65.2 Å². The van der Waals surface area contributed by atoms with Gasteiger partial charge in [0.25, 0.3) is 5.91 Å². The lowest BCUT2D eigenvalue weighted by Crippen LogP contribution is -2.50. The third kappa shape index (κ3) is 3.54. The molecule has 1 aliphatic rings. The molecule has 1 heterocycles. The SMILES string of the molecule is O=C(c1ccccc1F)N1CCN(S(=O)(=O)c2ccc(F)c(F)c2F)CC1. The van der Waals surface area contributed by atoms with Crippen molar-refractivity contribution in [3.8, 4) is 0 Å². The van der Waals surface area contributed by atoms with Crippen molar-refractivity contribution in [2.45, 2.75) is 4.90 Å². The third-order valence-corrected chi connectivity index (χ3v) is 6.16. The van der Waals surface area contributed by atoms with Crippen molar-refractivity contribution in [1.29, 1.82) is 0 Å². The number of carbonyl (C=O) groups is 1. The number of carbonyl (C=O) groups excluding carboxylic acids is 1. The van der Waals surface area contributed by atoms with E-state index >= 15 is 0 Å². The first-order valence-electron chi connectivity index (χ1n) is 7.91. The van der Waals surface area contributed by atoms with Crippen LogP contribution >= 0.6 is 0 Å². The zero-order valence-electron chi connectivity index (χ0n) is 13.8. The molecule has 1 fully saturated rings. The van der Waals surface area contributed by atoms with E-state index in [1.165, 1.54) is 23.1 Å². The molecule has 5 nitrogen and oxygen atoms in total. The molecule has 1 amide bonds. The molecular formula is C17H14F4N2O3S. The van der Waals surface area contributed by atoms with E-state index in [4.69, 9.17) is 0 Å². The van der Waals surface area contributed by atoms with E-state index in [1.807, 2.05) is 0 Å². The van der Waals surface area contributed by atoms with Gasteiger partial charge in [-0.05, 0) is 24.3 Å². The van der Waals surface area contributed by atoms with E-state index in [2.05, 4.69) is 0 Å². The molecule has 27 heavy (non-hydrogen) atoms. The number of amides is 1. The summed E-state index contributed by atoms with van der Waals surface area (Å²) in [4.78, 5) is 12.6. The zero-order chi connectivity index (χ0) is 19.8. The lowest BCUT2D eigenvalue weighted by Gasteiger charge is -2.34. The molecular weight excluding hydrogens is 388 g/mol. The Morgan fingerprint density at radius 3 is 2.07 bits per heavy atom. The van der Waals surface area contributed by atoms with Crippen LogP contribution in [-0.4, -0.2) is 49.7 Å². The van der Waals surface area contributed by atoms with Crippen LogP contribution in [0.1, 0.15) is 10.4 Å². The van der Waals surface area contributed by atoms with Crippen LogP contribution in [0, 0.1) is 23.3 Å². The zero-order valence-corrected chi connectivity index (χ0v) is 14.6. The maximum atomic E-state index is 13.9. The second-order valence-electron chi connectivity index (χ2n) is 5.85. The Kier molecular flexibility index (Phi) is 5.20. The summed E-state index contributed by atoms with van der Waals surface area (Å²) >= 11 is 0. The first kappa shape index (κ1) is 19.3. The Hall–Kier alpha value is -2.46. The Morgan fingerprint density at radius 2 is 1.44 bits per heavy atom.